The van der Waals surface area contributed by atoms with Crippen molar-refractivity contribution in [2.45, 2.75) is 0 Å². The first-order chi connectivity index (χ1) is 7.29. The van der Waals surface area contributed by atoms with Crippen LogP contribution < -0.4 is 0 Å². The lowest BCUT2D eigenvalue weighted by molar-refractivity contribution is 0.321. The molecule has 0 saturated carbocycles. The molecule has 0 unspecified atom stereocenters. The zero-order valence-electron chi connectivity index (χ0n) is 7.59. The Morgan fingerprint density at radius 1 is 1.33 bits per heavy atom. The van der Waals surface area contributed by atoms with Crippen LogP contribution in [0.1, 0.15) is 5.69 Å². The number of benzene rings is 1. The molecule has 1 heterocycles. The maximum Gasteiger partial charge on any atom is 0.167 e. The molecule has 0 fully saturated rings. The van der Waals surface area contributed by atoms with Crippen LogP contribution in [0, 0.1) is 0 Å². The van der Waals surface area contributed by atoms with Crippen molar-refractivity contribution >= 4 is 17.8 Å². The Balaban J connectivity index is 2.33. The molecular formula is C10H7ClN2O2. The topological polar surface area (TPSA) is 58.6 Å². The molecule has 15 heavy (non-hydrogen) atoms. The fourth-order valence-corrected chi connectivity index (χ4v) is 1.29. The van der Waals surface area contributed by atoms with Gasteiger partial charge in [-0.15, -0.1) is 0 Å². The molecule has 2 aromatic rings. The molecule has 76 valence electrons. The van der Waals surface area contributed by atoms with Gasteiger partial charge in [0.25, 0.3) is 0 Å². The number of aromatic nitrogens is 1. The van der Waals surface area contributed by atoms with Crippen molar-refractivity contribution in [3.8, 4) is 11.3 Å². The van der Waals surface area contributed by atoms with Gasteiger partial charge in [-0.3, -0.25) is 0 Å². The molecule has 0 atom stereocenters. The van der Waals surface area contributed by atoms with Gasteiger partial charge in [-0.25, -0.2) is 0 Å². The third-order valence-corrected chi connectivity index (χ3v) is 2.10. The summed E-state index contributed by atoms with van der Waals surface area (Å²) < 4.78 is 5.05. The SMILES string of the molecule is O/N=C\c1cc(-c2ccc(Cl)cc2)on1. The first kappa shape index (κ1) is 9.73. The van der Waals surface area contributed by atoms with Crippen LogP contribution in [-0.4, -0.2) is 16.6 Å². The van der Waals surface area contributed by atoms with Crippen LogP contribution in [0.15, 0.2) is 40.0 Å². The van der Waals surface area contributed by atoms with Crippen molar-refractivity contribution in [3.63, 3.8) is 0 Å². The highest BCUT2D eigenvalue weighted by molar-refractivity contribution is 6.30. The van der Waals surface area contributed by atoms with Crippen LogP contribution in [0.4, 0.5) is 0 Å². The number of nitrogens with zero attached hydrogens (tertiary/aromatic N) is 2. The first-order valence-electron chi connectivity index (χ1n) is 4.19. The molecule has 4 nitrogen and oxygen atoms in total. The smallest absolute Gasteiger partial charge is 0.167 e. The Morgan fingerprint density at radius 2 is 2.07 bits per heavy atom. The molecule has 1 N–H and O–H groups in total. The molecule has 5 heteroatoms. The van der Waals surface area contributed by atoms with Crippen LogP contribution in [0.5, 0.6) is 0 Å². The van der Waals surface area contributed by atoms with Crippen molar-refractivity contribution in [1.29, 1.82) is 0 Å². The largest absolute Gasteiger partial charge is 0.411 e. The second-order valence-electron chi connectivity index (χ2n) is 2.87. The average molecular weight is 223 g/mol. The van der Waals surface area contributed by atoms with Gasteiger partial charge in [0.1, 0.15) is 5.69 Å². The second-order valence-corrected chi connectivity index (χ2v) is 3.30. The van der Waals surface area contributed by atoms with E-state index in [2.05, 4.69) is 10.3 Å². The monoisotopic (exact) mass is 222 g/mol. The van der Waals surface area contributed by atoms with Crippen LogP contribution in [0.2, 0.25) is 5.02 Å². The van der Waals surface area contributed by atoms with Gasteiger partial charge in [0, 0.05) is 16.7 Å². The summed E-state index contributed by atoms with van der Waals surface area (Å²) in [6.07, 6.45) is 1.20. The lowest BCUT2D eigenvalue weighted by Gasteiger charge is -1.93. The minimum atomic E-state index is 0.461. The Morgan fingerprint density at radius 3 is 2.73 bits per heavy atom. The first-order valence-corrected chi connectivity index (χ1v) is 4.57. The highest BCUT2D eigenvalue weighted by Crippen LogP contribution is 2.21. The third kappa shape index (κ3) is 2.16. The van der Waals surface area contributed by atoms with Crippen LogP contribution >= 0.6 is 11.6 Å². The minimum absolute atomic E-state index is 0.461. The zero-order valence-corrected chi connectivity index (χ0v) is 8.35. The van der Waals surface area contributed by atoms with E-state index in [0.717, 1.165) is 5.56 Å². The van der Waals surface area contributed by atoms with Crippen LogP contribution in [0.25, 0.3) is 11.3 Å². The Kier molecular flexibility index (Phi) is 2.69. The average Bonchev–Trinajstić information content (AvgIpc) is 2.68. The van der Waals surface area contributed by atoms with Gasteiger partial charge in [0.2, 0.25) is 0 Å². The summed E-state index contributed by atoms with van der Waals surface area (Å²) in [6, 6.07) is 8.84. The predicted octanol–water partition coefficient (Wildman–Crippen LogP) is 2.80. The molecule has 0 saturated heterocycles. The van der Waals surface area contributed by atoms with Gasteiger partial charge in [-0.05, 0) is 24.3 Å². The molecule has 0 aliphatic carbocycles. The van der Waals surface area contributed by atoms with Crippen molar-refractivity contribution in [2.75, 3.05) is 0 Å². The van der Waals surface area contributed by atoms with E-state index in [1.807, 2.05) is 12.1 Å². The molecule has 0 aliphatic rings. The van der Waals surface area contributed by atoms with Crippen LogP contribution in [-0.2, 0) is 0 Å². The maximum absolute atomic E-state index is 8.31. The van der Waals surface area contributed by atoms with Crippen molar-refractivity contribution in [3.05, 3.63) is 41.0 Å². The van der Waals surface area contributed by atoms with E-state index >= 15 is 0 Å². The molecule has 0 aliphatic heterocycles. The molecule has 0 bridgehead atoms. The van der Waals surface area contributed by atoms with E-state index < -0.39 is 0 Å². The Bertz CT molecular complexity index is 476. The quantitative estimate of drug-likeness (QED) is 0.483. The van der Waals surface area contributed by atoms with E-state index in [0.29, 0.717) is 16.5 Å². The van der Waals surface area contributed by atoms with Gasteiger partial charge in [0.05, 0.1) is 6.21 Å². The van der Waals surface area contributed by atoms with Crippen molar-refractivity contribution < 1.29 is 9.73 Å². The summed E-state index contributed by atoms with van der Waals surface area (Å²) in [5, 5.41) is 15.5. The molecule has 0 radical (unpaired) electrons. The third-order valence-electron chi connectivity index (χ3n) is 1.85. The summed E-state index contributed by atoms with van der Waals surface area (Å²) in [5.74, 6) is 0.599. The Labute approximate surface area is 90.8 Å². The van der Waals surface area contributed by atoms with E-state index in [-0.39, 0.29) is 0 Å². The summed E-state index contributed by atoms with van der Waals surface area (Å²) in [7, 11) is 0. The highest BCUT2D eigenvalue weighted by atomic mass is 35.5. The fourth-order valence-electron chi connectivity index (χ4n) is 1.16. The predicted molar refractivity (Wildman–Crippen MR) is 56.3 cm³/mol. The molecule has 0 amide bonds. The number of oxime groups is 1. The van der Waals surface area contributed by atoms with Gasteiger partial charge in [0.15, 0.2) is 5.76 Å². The summed E-state index contributed by atoms with van der Waals surface area (Å²) in [4.78, 5) is 0. The van der Waals surface area contributed by atoms with Gasteiger partial charge in [-0.1, -0.05) is 21.9 Å². The number of hydrogen-bond acceptors (Lipinski definition) is 4. The number of hydrogen-bond donors (Lipinski definition) is 1. The molecule has 1 aromatic carbocycles. The second kappa shape index (κ2) is 4.14. The van der Waals surface area contributed by atoms with Crippen molar-refractivity contribution in [2.24, 2.45) is 5.16 Å². The van der Waals surface area contributed by atoms with Gasteiger partial charge in [-0.2, -0.15) is 0 Å². The molecular weight excluding hydrogens is 216 g/mol. The summed E-state index contributed by atoms with van der Waals surface area (Å²) in [5.41, 5.74) is 1.33. The molecule has 1 aromatic heterocycles. The number of halogens is 1. The fraction of sp³-hybridized carbons (Fsp3) is 0. The lowest BCUT2D eigenvalue weighted by atomic mass is 10.2. The summed E-state index contributed by atoms with van der Waals surface area (Å²) in [6.45, 7) is 0. The van der Waals surface area contributed by atoms with Crippen molar-refractivity contribution in [1.82, 2.24) is 5.16 Å². The minimum Gasteiger partial charge on any atom is -0.411 e. The highest BCUT2D eigenvalue weighted by Gasteiger charge is 2.04. The van der Waals surface area contributed by atoms with Crippen LogP contribution in [0.3, 0.4) is 0 Å². The van der Waals surface area contributed by atoms with E-state index in [9.17, 15) is 0 Å². The van der Waals surface area contributed by atoms with E-state index in [1.165, 1.54) is 6.21 Å². The normalized spacial score (nSPS) is 11.0. The molecule has 0 spiro atoms. The Hall–Kier alpha value is -1.81. The maximum atomic E-state index is 8.31. The van der Waals surface area contributed by atoms with Gasteiger partial charge >= 0.3 is 0 Å². The lowest BCUT2D eigenvalue weighted by Crippen LogP contribution is -1.76. The standard InChI is InChI=1S/C10H7ClN2O2/c11-8-3-1-7(2-4-8)10-5-9(6-12-14)13-15-10/h1-6,14H/b12-6-. The van der Waals surface area contributed by atoms with E-state index in [4.69, 9.17) is 21.3 Å². The zero-order chi connectivity index (χ0) is 10.7. The summed E-state index contributed by atoms with van der Waals surface area (Å²) >= 11 is 5.75. The van der Waals surface area contributed by atoms with E-state index in [1.54, 1.807) is 18.2 Å². The van der Waals surface area contributed by atoms with Gasteiger partial charge < -0.3 is 9.73 Å². The molecule has 2 rings (SSSR count). The number of rotatable bonds is 2.